The number of ether oxygens (including phenoxy) is 1. The van der Waals surface area contributed by atoms with E-state index in [4.69, 9.17) is 4.74 Å². The van der Waals surface area contributed by atoms with Gasteiger partial charge in [0.15, 0.2) is 0 Å². The van der Waals surface area contributed by atoms with Crippen LogP contribution in [0.5, 0.6) is 0 Å². The Morgan fingerprint density at radius 2 is 1.92 bits per heavy atom. The van der Waals surface area contributed by atoms with Crippen molar-refractivity contribution < 1.29 is 14.3 Å². The molecule has 3 heterocycles. The van der Waals surface area contributed by atoms with Gasteiger partial charge in [0.1, 0.15) is 12.1 Å². The van der Waals surface area contributed by atoms with Crippen molar-refractivity contribution in [3.05, 3.63) is 53.6 Å². The van der Waals surface area contributed by atoms with Crippen LogP contribution >= 0.6 is 0 Å². The zero-order valence-corrected chi connectivity index (χ0v) is 20.7. The Morgan fingerprint density at radius 1 is 1.17 bits per heavy atom. The summed E-state index contributed by atoms with van der Waals surface area (Å²) in [6.45, 7) is 3.51. The second kappa shape index (κ2) is 10.4. The van der Waals surface area contributed by atoms with Gasteiger partial charge in [0, 0.05) is 32.3 Å². The van der Waals surface area contributed by atoms with Crippen LogP contribution in [-0.2, 0) is 26.2 Å². The van der Waals surface area contributed by atoms with Crippen molar-refractivity contribution in [3.63, 3.8) is 0 Å². The van der Waals surface area contributed by atoms with Gasteiger partial charge in [-0.15, -0.1) is 0 Å². The fourth-order valence-electron chi connectivity index (χ4n) is 5.62. The molecule has 3 N–H and O–H groups in total. The van der Waals surface area contributed by atoms with Crippen molar-refractivity contribution in [3.8, 4) is 17.2 Å². The lowest BCUT2D eigenvalue weighted by Crippen LogP contribution is -2.46. The summed E-state index contributed by atoms with van der Waals surface area (Å²) in [6.07, 6.45) is 2.35. The van der Waals surface area contributed by atoms with Crippen LogP contribution in [0.25, 0.3) is 11.1 Å². The molecule has 188 valence electrons. The van der Waals surface area contributed by atoms with Gasteiger partial charge in [-0.2, -0.15) is 5.26 Å². The average Bonchev–Trinajstić information content (AvgIpc) is 3.12. The summed E-state index contributed by atoms with van der Waals surface area (Å²) in [6, 6.07) is 16.0. The minimum atomic E-state index is -0.628. The molecule has 2 saturated heterocycles. The van der Waals surface area contributed by atoms with E-state index in [0.29, 0.717) is 19.6 Å². The molecule has 0 unspecified atom stereocenters. The third kappa shape index (κ3) is 4.62. The molecule has 2 fully saturated rings. The number of hydrogen-bond acceptors (Lipinski definition) is 6. The van der Waals surface area contributed by atoms with Crippen molar-refractivity contribution >= 4 is 17.5 Å². The van der Waals surface area contributed by atoms with E-state index in [1.165, 1.54) is 0 Å². The van der Waals surface area contributed by atoms with Crippen LogP contribution in [0.3, 0.4) is 0 Å². The van der Waals surface area contributed by atoms with E-state index in [0.717, 1.165) is 66.8 Å². The highest BCUT2D eigenvalue weighted by atomic mass is 16.5. The second-order valence-corrected chi connectivity index (χ2v) is 9.94. The van der Waals surface area contributed by atoms with Crippen molar-refractivity contribution in [2.24, 2.45) is 0 Å². The highest BCUT2D eigenvalue weighted by Crippen LogP contribution is 2.47. The van der Waals surface area contributed by atoms with Gasteiger partial charge in [-0.25, -0.2) is 0 Å². The molecule has 5 rings (SSSR count). The molecule has 2 aromatic rings. The fraction of sp³-hybridized carbons (Fsp3) is 0.464. The molecule has 3 aliphatic rings. The third-order valence-corrected chi connectivity index (χ3v) is 7.68. The first-order valence-corrected chi connectivity index (χ1v) is 12.8. The maximum Gasteiger partial charge on any atom is 0.251 e. The van der Waals surface area contributed by atoms with Gasteiger partial charge in [-0.1, -0.05) is 30.3 Å². The standard InChI is InChI=1S/C28H33N5O3/c1-33-24-8-7-21(16-23(24)28(27(33)35)9-12-30-13-10-28)20-5-3-19(4-6-20)15-22(17-29)32-26(34)25-18-31-11-2-14-36-25/h3-8,16,22,25,30-31H,2,9-15,18H2,1H3,(H,32,34)/t22-,25-/m0/s1. The minimum Gasteiger partial charge on any atom is -0.367 e. The molecular formula is C28H33N5O3. The number of rotatable bonds is 5. The molecule has 3 aliphatic heterocycles. The fourth-order valence-corrected chi connectivity index (χ4v) is 5.62. The van der Waals surface area contributed by atoms with Crippen molar-refractivity contribution in [1.82, 2.24) is 16.0 Å². The Labute approximate surface area is 212 Å². The number of nitrogens with one attached hydrogen (secondary N) is 3. The lowest BCUT2D eigenvalue weighted by Gasteiger charge is -2.32. The zero-order chi connectivity index (χ0) is 25.1. The van der Waals surface area contributed by atoms with E-state index >= 15 is 0 Å². The Kier molecular flexibility index (Phi) is 7.06. The molecule has 0 bridgehead atoms. The number of fused-ring (bicyclic) bond motifs is 2. The van der Waals surface area contributed by atoms with Crippen LogP contribution in [0, 0.1) is 11.3 Å². The number of benzene rings is 2. The highest BCUT2D eigenvalue weighted by Gasteiger charge is 2.49. The van der Waals surface area contributed by atoms with Crippen molar-refractivity contribution in [2.75, 3.05) is 44.7 Å². The number of carbonyl (C=O) groups is 2. The predicted octanol–water partition coefficient (Wildman–Crippen LogP) is 1.88. The van der Waals surface area contributed by atoms with Gasteiger partial charge in [0.2, 0.25) is 5.91 Å². The van der Waals surface area contributed by atoms with E-state index < -0.39 is 17.6 Å². The number of nitrogens with zero attached hydrogens (tertiary/aromatic N) is 2. The number of nitriles is 1. The molecule has 1 spiro atoms. The number of piperidine rings is 1. The minimum absolute atomic E-state index is 0.195. The van der Waals surface area contributed by atoms with E-state index in [1.54, 1.807) is 4.90 Å². The first kappa shape index (κ1) is 24.4. The summed E-state index contributed by atoms with van der Waals surface area (Å²) in [5.74, 6) is -0.0572. The maximum atomic E-state index is 13.2. The van der Waals surface area contributed by atoms with Crippen LogP contribution in [0.1, 0.15) is 30.4 Å². The quantitative estimate of drug-likeness (QED) is 0.595. The van der Waals surface area contributed by atoms with Crippen LogP contribution < -0.4 is 20.9 Å². The normalized spacial score (nSPS) is 21.9. The Bertz CT molecular complexity index is 1160. The second-order valence-electron chi connectivity index (χ2n) is 9.94. The van der Waals surface area contributed by atoms with Gasteiger partial charge in [0.05, 0.1) is 11.5 Å². The Morgan fingerprint density at radius 3 is 2.67 bits per heavy atom. The molecule has 2 aromatic carbocycles. The molecule has 0 saturated carbocycles. The van der Waals surface area contributed by atoms with Crippen LogP contribution in [0.4, 0.5) is 5.69 Å². The molecule has 8 heteroatoms. The number of carbonyl (C=O) groups excluding carboxylic acids is 2. The van der Waals surface area contributed by atoms with E-state index in [2.05, 4.69) is 40.2 Å². The summed E-state index contributed by atoms with van der Waals surface area (Å²) in [5, 5.41) is 19.0. The summed E-state index contributed by atoms with van der Waals surface area (Å²) >= 11 is 0. The lowest BCUT2D eigenvalue weighted by molar-refractivity contribution is -0.132. The number of hydrogen-bond donors (Lipinski definition) is 3. The molecule has 0 aliphatic carbocycles. The SMILES string of the molecule is CN1C(=O)C2(CCNCC2)c2cc(-c3ccc(C[C@@H](C#N)NC(=O)[C@@H]4CNCCCO4)cc3)ccc21. The van der Waals surface area contributed by atoms with Gasteiger partial charge in [-0.05, 0) is 73.3 Å². The van der Waals surface area contributed by atoms with Crippen LogP contribution in [-0.4, -0.2) is 63.8 Å². The Balaban J connectivity index is 1.29. The number of likely N-dealkylation sites (N-methyl/N-ethyl adjacent to an activating group) is 1. The topological polar surface area (TPSA) is 106 Å². The summed E-state index contributed by atoms with van der Waals surface area (Å²) in [4.78, 5) is 27.6. The molecule has 2 amide bonds. The first-order valence-electron chi connectivity index (χ1n) is 12.8. The van der Waals surface area contributed by atoms with Gasteiger partial charge in [-0.3, -0.25) is 9.59 Å². The molecule has 2 atom stereocenters. The Hall–Kier alpha value is -3.25. The summed E-state index contributed by atoms with van der Waals surface area (Å²) in [7, 11) is 1.87. The molecule has 0 radical (unpaired) electrons. The smallest absolute Gasteiger partial charge is 0.251 e. The van der Waals surface area contributed by atoms with Crippen LogP contribution in [0.15, 0.2) is 42.5 Å². The molecule has 8 nitrogen and oxygen atoms in total. The summed E-state index contributed by atoms with van der Waals surface area (Å²) < 4.78 is 5.60. The molecular weight excluding hydrogens is 454 g/mol. The highest BCUT2D eigenvalue weighted by molar-refractivity contribution is 6.08. The van der Waals surface area contributed by atoms with Gasteiger partial charge >= 0.3 is 0 Å². The number of anilines is 1. The van der Waals surface area contributed by atoms with Crippen molar-refractivity contribution in [2.45, 2.75) is 43.2 Å². The van der Waals surface area contributed by atoms with Gasteiger partial charge in [0.25, 0.3) is 5.91 Å². The van der Waals surface area contributed by atoms with Crippen LogP contribution in [0.2, 0.25) is 0 Å². The van der Waals surface area contributed by atoms with E-state index in [9.17, 15) is 14.9 Å². The monoisotopic (exact) mass is 487 g/mol. The van der Waals surface area contributed by atoms with Crippen molar-refractivity contribution in [1.29, 1.82) is 5.26 Å². The van der Waals surface area contributed by atoms with E-state index in [-0.39, 0.29) is 11.8 Å². The molecule has 36 heavy (non-hydrogen) atoms. The summed E-state index contributed by atoms with van der Waals surface area (Å²) in [5.41, 5.74) is 4.80. The zero-order valence-electron chi connectivity index (χ0n) is 20.7. The predicted molar refractivity (Wildman–Crippen MR) is 138 cm³/mol. The lowest BCUT2D eigenvalue weighted by atomic mass is 9.73. The van der Waals surface area contributed by atoms with E-state index in [1.807, 2.05) is 31.3 Å². The average molecular weight is 488 g/mol. The van der Waals surface area contributed by atoms with Gasteiger partial charge < -0.3 is 25.6 Å². The third-order valence-electron chi connectivity index (χ3n) is 7.68. The maximum absolute atomic E-state index is 13.2. The number of amides is 2. The molecule has 0 aromatic heterocycles. The first-order chi connectivity index (χ1) is 17.5. The largest absolute Gasteiger partial charge is 0.367 e.